The third kappa shape index (κ3) is 4.39. The second-order valence-electron chi connectivity index (χ2n) is 17.4. The number of para-hydroxylation sites is 2. The zero-order chi connectivity index (χ0) is 42.0. The molecule has 0 fully saturated rings. The van der Waals surface area contributed by atoms with E-state index in [1.54, 1.807) is 0 Å². The molecular formula is C62H39NO. The van der Waals surface area contributed by atoms with E-state index in [-0.39, 0.29) is 0 Å². The highest BCUT2D eigenvalue weighted by molar-refractivity contribution is 6.11. The fourth-order valence-electron chi connectivity index (χ4n) is 12.3. The molecule has 2 heteroatoms. The highest BCUT2D eigenvalue weighted by atomic mass is 16.3. The monoisotopic (exact) mass is 813 g/mol. The normalized spacial score (nSPS) is 14.2. The van der Waals surface area contributed by atoms with Crippen molar-refractivity contribution in [2.75, 3.05) is 4.90 Å². The van der Waals surface area contributed by atoms with Crippen LogP contribution in [0.5, 0.6) is 0 Å². The summed E-state index contributed by atoms with van der Waals surface area (Å²) in [4.78, 5) is 2.54. The Morgan fingerprint density at radius 3 is 1.39 bits per heavy atom. The summed E-state index contributed by atoms with van der Waals surface area (Å²) in [6.07, 6.45) is 0. The van der Waals surface area contributed by atoms with Gasteiger partial charge in [0.25, 0.3) is 0 Å². The Kier molecular flexibility index (Phi) is 7.28. The van der Waals surface area contributed by atoms with Crippen LogP contribution >= 0.6 is 0 Å². The average molecular weight is 814 g/mol. The topological polar surface area (TPSA) is 16.4 Å². The first-order valence-electron chi connectivity index (χ1n) is 22.3. The van der Waals surface area contributed by atoms with Gasteiger partial charge in [0.2, 0.25) is 0 Å². The molecule has 64 heavy (non-hydrogen) atoms. The summed E-state index contributed by atoms with van der Waals surface area (Å²) in [5.74, 6) is 0. The maximum atomic E-state index is 7.31. The summed E-state index contributed by atoms with van der Waals surface area (Å²) >= 11 is 0. The molecule has 0 aliphatic heterocycles. The van der Waals surface area contributed by atoms with Gasteiger partial charge in [0.15, 0.2) is 0 Å². The van der Waals surface area contributed by atoms with Gasteiger partial charge in [0, 0.05) is 27.6 Å². The third-order valence-corrected chi connectivity index (χ3v) is 14.6. The minimum absolute atomic E-state index is 0.488. The predicted octanol–water partition coefficient (Wildman–Crippen LogP) is 15.8. The van der Waals surface area contributed by atoms with Crippen LogP contribution in [0.2, 0.25) is 0 Å². The highest BCUT2D eigenvalue weighted by Crippen LogP contribution is 2.66. The maximum absolute atomic E-state index is 7.31. The zero-order valence-corrected chi connectivity index (χ0v) is 34.9. The Bertz CT molecular complexity index is 3600. The number of fused-ring (bicyclic) bond motifs is 16. The summed E-state index contributed by atoms with van der Waals surface area (Å²) in [6, 6.07) is 87.6. The Morgan fingerprint density at radius 1 is 0.312 bits per heavy atom. The molecular weight excluding hydrogens is 775 g/mol. The van der Waals surface area contributed by atoms with Crippen LogP contribution in [-0.4, -0.2) is 0 Å². The molecule has 298 valence electrons. The molecule has 14 rings (SSSR count). The van der Waals surface area contributed by atoms with Gasteiger partial charge in [-0.1, -0.05) is 200 Å². The van der Waals surface area contributed by atoms with Crippen LogP contribution in [0.1, 0.15) is 44.5 Å². The second-order valence-corrected chi connectivity index (χ2v) is 17.4. The van der Waals surface area contributed by atoms with Crippen molar-refractivity contribution in [2.45, 2.75) is 10.8 Å². The fourth-order valence-corrected chi connectivity index (χ4v) is 12.3. The molecule has 0 radical (unpaired) electrons. The number of rotatable bonds is 5. The molecule has 0 atom stereocenters. The Balaban J connectivity index is 1.16. The van der Waals surface area contributed by atoms with E-state index in [0.29, 0.717) is 0 Å². The van der Waals surface area contributed by atoms with E-state index in [9.17, 15) is 0 Å². The van der Waals surface area contributed by atoms with Gasteiger partial charge >= 0.3 is 0 Å². The van der Waals surface area contributed by atoms with Crippen LogP contribution < -0.4 is 4.90 Å². The molecule has 1 heterocycles. The van der Waals surface area contributed by atoms with Crippen molar-refractivity contribution in [1.82, 2.24) is 0 Å². The minimum atomic E-state index is -0.759. The summed E-state index contributed by atoms with van der Waals surface area (Å²) < 4.78 is 7.31. The molecule has 0 saturated heterocycles. The standard InChI is InChI=1S/C62H39NO/c1-3-20-40(21-4-1)61(49-30-13-7-24-42(49)43-25-8-14-31-50(43)61)59-56(39-38-47-46-28-12-18-37-57(46)64-60(47)59)63(41-22-5-2-6-23-41)55-36-19-35-54-58(55)48-29-11-17-34-53(48)62(54)51-32-15-9-26-44(51)45-27-10-16-33-52(45)62/h1-39H. The molecule has 1 aromatic heterocycles. The molecule has 1 spiro atoms. The first kappa shape index (κ1) is 35.4. The predicted molar refractivity (Wildman–Crippen MR) is 262 cm³/mol. The number of nitrogens with zero attached hydrogens (tertiary/aromatic N) is 1. The van der Waals surface area contributed by atoms with Crippen LogP contribution in [0.4, 0.5) is 17.1 Å². The summed E-state index contributed by atoms with van der Waals surface area (Å²) in [5, 5.41) is 2.20. The largest absolute Gasteiger partial charge is 0.456 e. The van der Waals surface area contributed by atoms with Gasteiger partial charge in [-0.3, -0.25) is 0 Å². The summed E-state index contributed by atoms with van der Waals surface area (Å²) in [5.41, 5.74) is 21.4. The minimum Gasteiger partial charge on any atom is -0.456 e. The van der Waals surface area contributed by atoms with Gasteiger partial charge in [-0.05, 0) is 103 Å². The Morgan fingerprint density at radius 2 is 0.781 bits per heavy atom. The first-order chi connectivity index (χ1) is 31.8. The van der Waals surface area contributed by atoms with Crippen LogP contribution in [0.15, 0.2) is 241 Å². The van der Waals surface area contributed by atoms with Gasteiger partial charge in [0.1, 0.15) is 11.2 Å². The quantitative estimate of drug-likeness (QED) is 0.172. The van der Waals surface area contributed by atoms with E-state index < -0.39 is 10.8 Å². The lowest BCUT2D eigenvalue weighted by molar-refractivity contribution is 0.648. The lowest BCUT2D eigenvalue weighted by atomic mass is 9.66. The van der Waals surface area contributed by atoms with Gasteiger partial charge in [-0.15, -0.1) is 0 Å². The molecule has 2 nitrogen and oxygen atoms in total. The van der Waals surface area contributed by atoms with E-state index in [2.05, 4.69) is 241 Å². The van der Waals surface area contributed by atoms with Crippen molar-refractivity contribution in [2.24, 2.45) is 0 Å². The van der Waals surface area contributed by atoms with E-state index in [4.69, 9.17) is 4.42 Å². The summed E-state index contributed by atoms with van der Waals surface area (Å²) in [6.45, 7) is 0. The van der Waals surface area contributed by atoms with Crippen LogP contribution in [0.25, 0.3) is 55.3 Å². The lowest BCUT2D eigenvalue weighted by Gasteiger charge is -2.38. The van der Waals surface area contributed by atoms with Crippen LogP contribution in [0, 0.1) is 0 Å². The van der Waals surface area contributed by atoms with E-state index in [0.717, 1.165) is 44.6 Å². The Labute approximate surface area is 372 Å². The zero-order valence-electron chi connectivity index (χ0n) is 34.9. The number of hydrogen-bond acceptors (Lipinski definition) is 2. The smallest absolute Gasteiger partial charge is 0.142 e. The molecule has 3 aliphatic rings. The molecule has 0 N–H and O–H groups in total. The van der Waals surface area contributed by atoms with E-state index in [1.807, 2.05) is 0 Å². The molecule has 0 amide bonds. The van der Waals surface area contributed by atoms with Crippen molar-refractivity contribution in [1.29, 1.82) is 0 Å². The van der Waals surface area contributed by atoms with E-state index >= 15 is 0 Å². The maximum Gasteiger partial charge on any atom is 0.142 e. The number of furan rings is 1. The number of anilines is 3. The van der Waals surface area contributed by atoms with E-state index in [1.165, 1.54) is 72.3 Å². The molecule has 3 aliphatic carbocycles. The van der Waals surface area contributed by atoms with Crippen molar-refractivity contribution in [3.63, 3.8) is 0 Å². The fraction of sp³-hybridized carbons (Fsp3) is 0.0323. The summed E-state index contributed by atoms with van der Waals surface area (Å²) in [7, 11) is 0. The van der Waals surface area contributed by atoms with Crippen LogP contribution in [-0.2, 0) is 10.8 Å². The van der Waals surface area contributed by atoms with Crippen molar-refractivity contribution < 1.29 is 4.42 Å². The molecule has 0 bridgehead atoms. The molecule has 10 aromatic carbocycles. The van der Waals surface area contributed by atoms with Gasteiger partial charge in [-0.2, -0.15) is 0 Å². The van der Waals surface area contributed by atoms with Crippen molar-refractivity contribution in [3.05, 3.63) is 281 Å². The molecule has 11 aromatic rings. The van der Waals surface area contributed by atoms with Crippen molar-refractivity contribution in [3.8, 4) is 33.4 Å². The molecule has 0 unspecified atom stereocenters. The lowest BCUT2D eigenvalue weighted by Crippen LogP contribution is -2.31. The van der Waals surface area contributed by atoms with Crippen LogP contribution in [0.3, 0.4) is 0 Å². The Hall–Kier alpha value is -8.20. The highest BCUT2D eigenvalue weighted by Gasteiger charge is 2.53. The van der Waals surface area contributed by atoms with Gasteiger partial charge in [0.05, 0.1) is 22.2 Å². The average Bonchev–Trinajstić information content (AvgIpc) is 4.08. The van der Waals surface area contributed by atoms with Crippen molar-refractivity contribution >= 4 is 39.0 Å². The number of hydrogen-bond donors (Lipinski definition) is 0. The number of benzene rings is 10. The third-order valence-electron chi connectivity index (χ3n) is 14.6. The second kappa shape index (κ2) is 13.2. The SMILES string of the molecule is c1ccc(N(c2cccc3c2-c2ccccc2C32c3ccccc3-c3ccccc32)c2ccc3c(oc4ccccc43)c2C2(c3ccccc3)c3ccccc3-c3ccccc32)cc1. The van der Waals surface area contributed by atoms with Gasteiger partial charge < -0.3 is 9.32 Å². The molecule has 0 saturated carbocycles. The van der Waals surface area contributed by atoms with Gasteiger partial charge in [-0.25, -0.2) is 0 Å². The first-order valence-corrected chi connectivity index (χ1v) is 22.3.